The second-order valence-electron chi connectivity index (χ2n) is 4.31. The SMILES string of the molecule is CCCN(CC(=O)NC)C(=O)Cn1cccc1C(=O)O. The van der Waals surface area contributed by atoms with Gasteiger partial charge in [0.05, 0.1) is 6.54 Å². The number of carboxylic acids is 1. The Kier molecular flexibility index (Phi) is 5.76. The van der Waals surface area contributed by atoms with E-state index in [4.69, 9.17) is 5.11 Å². The van der Waals surface area contributed by atoms with Gasteiger partial charge in [0.15, 0.2) is 0 Å². The van der Waals surface area contributed by atoms with E-state index in [-0.39, 0.29) is 30.6 Å². The Bertz CT molecular complexity index is 496. The van der Waals surface area contributed by atoms with E-state index in [0.717, 1.165) is 6.42 Å². The molecule has 2 N–H and O–H groups in total. The summed E-state index contributed by atoms with van der Waals surface area (Å²) in [6.45, 7) is 2.25. The molecule has 0 unspecified atom stereocenters. The van der Waals surface area contributed by atoms with E-state index >= 15 is 0 Å². The molecule has 110 valence electrons. The summed E-state index contributed by atoms with van der Waals surface area (Å²) in [7, 11) is 1.51. The van der Waals surface area contributed by atoms with Crippen LogP contribution in [-0.4, -0.2) is 52.5 Å². The molecule has 0 bridgehead atoms. The summed E-state index contributed by atoms with van der Waals surface area (Å²) in [4.78, 5) is 35.9. The number of likely N-dealkylation sites (N-methyl/N-ethyl adjacent to an activating group) is 1. The molecular weight excluding hydrogens is 262 g/mol. The van der Waals surface area contributed by atoms with Crippen molar-refractivity contribution in [2.24, 2.45) is 0 Å². The molecule has 0 aromatic carbocycles. The van der Waals surface area contributed by atoms with Crippen LogP contribution in [0.1, 0.15) is 23.8 Å². The first-order chi connectivity index (χ1) is 9.49. The van der Waals surface area contributed by atoms with Gasteiger partial charge in [-0.3, -0.25) is 9.59 Å². The minimum Gasteiger partial charge on any atom is -0.477 e. The predicted molar refractivity (Wildman–Crippen MR) is 72.3 cm³/mol. The molecule has 1 aromatic rings. The van der Waals surface area contributed by atoms with E-state index < -0.39 is 5.97 Å². The summed E-state index contributed by atoms with van der Waals surface area (Å²) >= 11 is 0. The van der Waals surface area contributed by atoms with Gasteiger partial charge < -0.3 is 19.9 Å². The maximum atomic E-state index is 12.2. The molecule has 0 aliphatic carbocycles. The monoisotopic (exact) mass is 281 g/mol. The van der Waals surface area contributed by atoms with Crippen LogP contribution in [-0.2, 0) is 16.1 Å². The molecule has 0 fully saturated rings. The van der Waals surface area contributed by atoms with Crippen molar-refractivity contribution in [1.82, 2.24) is 14.8 Å². The number of carbonyl (C=O) groups is 3. The molecule has 7 nitrogen and oxygen atoms in total. The number of aromatic nitrogens is 1. The molecule has 0 aliphatic rings. The molecule has 0 saturated carbocycles. The molecule has 7 heteroatoms. The van der Waals surface area contributed by atoms with Crippen LogP contribution in [0.25, 0.3) is 0 Å². The second-order valence-corrected chi connectivity index (χ2v) is 4.31. The highest BCUT2D eigenvalue weighted by atomic mass is 16.4. The Hall–Kier alpha value is -2.31. The zero-order valence-corrected chi connectivity index (χ0v) is 11.6. The summed E-state index contributed by atoms with van der Waals surface area (Å²) in [6, 6.07) is 3.00. The van der Waals surface area contributed by atoms with Crippen molar-refractivity contribution in [2.45, 2.75) is 19.9 Å². The van der Waals surface area contributed by atoms with Crippen molar-refractivity contribution < 1.29 is 19.5 Å². The van der Waals surface area contributed by atoms with Crippen LogP contribution < -0.4 is 5.32 Å². The van der Waals surface area contributed by atoms with Gasteiger partial charge in [-0.1, -0.05) is 6.92 Å². The fourth-order valence-electron chi connectivity index (χ4n) is 1.81. The number of nitrogens with one attached hydrogen (secondary N) is 1. The highest BCUT2D eigenvalue weighted by Gasteiger charge is 2.18. The summed E-state index contributed by atoms with van der Waals surface area (Å²) in [5, 5.41) is 11.4. The molecule has 0 radical (unpaired) electrons. The molecule has 0 aliphatic heterocycles. The highest BCUT2D eigenvalue weighted by Crippen LogP contribution is 2.04. The van der Waals surface area contributed by atoms with Crippen LogP contribution in [0, 0.1) is 0 Å². The minimum atomic E-state index is -1.09. The summed E-state index contributed by atoms with van der Waals surface area (Å²) in [5.41, 5.74) is 0.0507. The first-order valence-electron chi connectivity index (χ1n) is 6.36. The van der Waals surface area contributed by atoms with E-state index in [1.807, 2.05) is 6.92 Å². The van der Waals surface area contributed by atoms with Gasteiger partial charge in [0.1, 0.15) is 12.2 Å². The zero-order chi connectivity index (χ0) is 15.1. The fraction of sp³-hybridized carbons (Fsp3) is 0.462. The normalized spacial score (nSPS) is 10.1. The van der Waals surface area contributed by atoms with Gasteiger partial charge in [-0.15, -0.1) is 0 Å². The maximum absolute atomic E-state index is 12.2. The van der Waals surface area contributed by atoms with Gasteiger partial charge in [-0.05, 0) is 18.6 Å². The van der Waals surface area contributed by atoms with Crippen molar-refractivity contribution in [3.05, 3.63) is 24.0 Å². The number of hydrogen-bond acceptors (Lipinski definition) is 3. The van der Waals surface area contributed by atoms with Crippen LogP contribution in [0.2, 0.25) is 0 Å². The van der Waals surface area contributed by atoms with Crippen LogP contribution in [0.4, 0.5) is 0 Å². The highest BCUT2D eigenvalue weighted by molar-refractivity contribution is 5.88. The van der Waals surface area contributed by atoms with Gasteiger partial charge >= 0.3 is 5.97 Å². The van der Waals surface area contributed by atoms with Gasteiger partial charge in [-0.2, -0.15) is 0 Å². The Balaban J connectivity index is 2.77. The minimum absolute atomic E-state index is 0.0210. The van der Waals surface area contributed by atoms with Crippen molar-refractivity contribution in [3.8, 4) is 0 Å². The molecule has 20 heavy (non-hydrogen) atoms. The second kappa shape index (κ2) is 7.32. The molecule has 1 heterocycles. The largest absolute Gasteiger partial charge is 0.477 e. The molecule has 0 spiro atoms. The first kappa shape index (κ1) is 15.7. The molecular formula is C13H19N3O4. The number of hydrogen-bond donors (Lipinski definition) is 2. The number of carboxylic acid groups (broad SMARTS) is 1. The number of amides is 2. The number of carbonyl (C=O) groups excluding carboxylic acids is 2. The zero-order valence-electron chi connectivity index (χ0n) is 11.6. The van der Waals surface area contributed by atoms with Crippen molar-refractivity contribution in [1.29, 1.82) is 0 Å². The average Bonchev–Trinajstić information content (AvgIpc) is 2.86. The van der Waals surface area contributed by atoms with Crippen molar-refractivity contribution in [2.75, 3.05) is 20.1 Å². The van der Waals surface area contributed by atoms with Gasteiger partial charge in [-0.25, -0.2) is 4.79 Å². The smallest absolute Gasteiger partial charge is 0.352 e. The fourth-order valence-corrected chi connectivity index (χ4v) is 1.81. The molecule has 0 saturated heterocycles. The predicted octanol–water partition coefficient (Wildman–Crippen LogP) is 0.171. The third-order valence-corrected chi connectivity index (χ3v) is 2.81. The standard InChI is InChI=1S/C13H19N3O4/c1-3-6-16(8-11(17)14-2)12(18)9-15-7-4-5-10(15)13(19)20/h4-5,7H,3,6,8-9H2,1-2H3,(H,14,17)(H,19,20). The molecule has 0 atom stereocenters. The van der Waals surface area contributed by atoms with E-state index in [2.05, 4.69) is 5.32 Å². The molecule has 1 aromatic heterocycles. The summed E-state index contributed by atoms with van der Waals surface area (Å²) in [5.74, 6) is -1.62. The van der Waals surface area contributed by atoms with Crippen LogP contribution in [0.3, 0.4) is 0 Å². The maximum Gasteiger partial charge on any atom is 0.352 e. The first-order valence-corrected chi connectivity index (χ1v) is 6.36. The van der Waals surface area contributed by atoms with Crippen LogP contribution in [0.5, 0.6) is 0 Å². The van der Waals surface area contributed by atoms with Gasteiger partial charge in [0.2, 0.25) is 11.8 Å². The number of nitrogens with zero attached hydrogens (tertiary/aromatic N) is 2. The Labute approximate surface area is 117 Å². The van der Waals surface area contributed by atoms with E-state index in [1.165, 1.54) is 28.8 Å². The average molecular weight is 281 g/mol. The lowest BCUT2D eigenvalue weighted by molar-refractivity contribution is -0.136. The van der Waals surface area contributed by atoms with Crippen LogP contribution >= 0.6 is 0 Å². The van der Waals surface area contributed by atoms with E-state index in [1.54, 1.807) is 6.07 Å². The Morgan fingerprint density at radius 2 is 2.10 bits per heavy atom. The third kappa shape index (κ3) is 4.11. The van der Waals surface area contributed by atoms with Gasteiger partial charge in [0.25, 0.3) is 0 Å². The quantitative estimate of drug-likeness (QED) is 0.745. The van der Waals surface area contributed by atoms with E-state index in [9.17, 15) is 14.4 Å². The number of rotatable bonds is 7. The summed E-state index contributed by atoms with van der Waals surface area (Å²) < 4.78 is 1.36. The third-order valence-electron chi connectivity index (χ3n) is 2.81. The molecule has 2 amide bonds. The van der Waals surface area contributed by atoms with Crippen LogP contribution in [0.15, 0.2) is 18.3 Å². The Morgan fingerprint density at radius 3 is 2.65 bits per heavy atom. The lowest BCUT2D eigenvalue weighted by Gasteiger charge is -2.21. The molecule has 1 rings (SSSR count). The van der Waals surface area contributed by atoms with Crippen molar-refractivity contribution >= 4 is 17.8 Å². The topological polar surface area (TPSA) is 91.6 Å². The van der Waals surface area contributed by atoms with Gasteiger partial charge in [0, 0.05) is 19.8 Å². The number of aromatic carboxylic acids is 1. The lowest BCUT2D eigenvalue weighted by Crippen LogP contribution is -2.41. The van der Waals surface area contributed by atoms with E-state index in [0.29, 0.717) is 6.54 Å². The summed E-state index contributed by atoms with van der Waals surface area (Å²) in [6.07, 6.45) is 2.26. The Morgan fingerprint density at radius 1 is 1.40 bits per heavy atom. The lowest BCUT2D eigenvalue weighted by atomic mass is 10.3. The van der Waals surface area contributed by atoms with Crippen molar-refractivity contribution in [3.63, 3.8) is 0 Å².